The van der Waals surface area contributed by atoms with E-state index in [0.717, 1.165) is 51.2 Å². The zero-order valence-electron chi connectivity index (χ0n) is 17.4. The zero-order chi connectivity index (χ0) is 19.5. The highest BCUT2D eigenvalue weighted by Crippen LogP contribution is 2.51. The summed E-state index contributed by atoms with van der Waals surface area (Å²) in [5, 5.41) is 0. The van der Waals surface area contributed by atoms with Gasteiger partial charge in [0.15, 0.2) is 0 Å². The van der Waals surface area contributed by atoms with E-state index in [2.05, 4.69) is 72.2 Å². The SMILES string of the molecule is CCCC(=O)N(C1=CC2C(C)C2C=C1)C1CCN(CCc2ccccc2)CC1. The minimum atomic E-state index is 0.313. The number of hydrogen-bond acceptors (Lipinski definition) is 2. The van der Waals surface area contributed by atoms with Crippen LogP contribution in [0.15, 0.2) is 54.3 Å². The Morgan fingerprint density at radius 3 is 2.57 bits per heavy atom. The molecule has 1 aliphatic heterocycles. The van der Waals surface area contributed by atoms with Gasteiger partial charge in [-0.2, -0.15) is 0 Å². The van der Waals surface area contributed by atoms with Gasteiger partial charge in [-0.25, -0.2) is 0 Å². The summed E-state index contributed by atoms with van der Waals surface area (Å²) >= 11 is 0. The maximum Gasteiger partial charge on any atom is 0.227 e. The molecule has 0 N–H and O–H groups in total. The number of allylic oxidation sites excluding steroid dienone is 3. The fourth-order valence-corrected chi connectivity index (χ4v) is 4.94. The van der Waals surface area contributed by atoms with Gasteiger partial charge >= 0.3 is 0 Å². The van der Waals surface area contributed by atoms with Crippen molar-refractivity contribution in [1.82, 2.24) is 9.80 Å². The Labute approximate surface area is 170 Å². The number of hydrogen-bond donors (Lipinski definition) is 0. The van der Waals surface area contributed by atoms with E-state index in [4.69, 9.17) is 0 Å². The molecule has 2 aliphatic carbocycles. The number of likely N-dealkylation sites (tertiary alicyclic amines) is 1. The first-order valence-corrected chi connectivity index (χ1v) is 11.2. The molecule has 3 heteroatoms. The fraction of sp³-hybridized carbons (Fsp3) is 0.560. The fourth-order valence-electron chi connectivity index (χ4n) is 4.94. The summed E-state index contributed by atoms with van der Waals surface area (Å²) in [6.45, 7) is 7.72. The minimum Gasteiger partial charge on any atom is -0.310 e. The molecule has 2 fully saturated rings. The average molecular weight is 379 g/mol. The van der Waals surface area contributed by atoms with Crippen LogP contribution >= 0.6 is 0 Å². The van der Waals surface area contributed by atoms with Crippen molar-refractivity contribution in [1.29, 1.82) is 0 Å². The van der Waals surface area contributed by atoms with Crippen molar-refractivity contribution in [3.63, 3.8) is 0 Å². The van der Waals surface area contributed by atoms with Gasteiger partial charge in [-0.3, -0.25) is 4.79 Å². The van der Waals surface area contributed by atoms with E-state index >= 15 is 0 Å². The van der Waals surface area contributed by atoms with E-state index in [9.17, 15) is 4.79 Å². The van der Waals surface area contributed by atoms with Gasteiger partial charge in [-0.15, -0.1) is 0 Å². The third kappa shape index (κ3) is 4.25. The van der Waals surface area contributed by atoms with Gasteiger partial charge in [0.2, 0.25) is 5.91 Å². The van der Waals surface area contributed by atoms with E-state index in [-0.39, 0.29) is 0 Å². The molecule has 3 atom stereocenters. The molecule has 0 bridgehead atoms. The lowest BCUT2D eigenvalue weighted by Gasteiger charge is -2.39. The van der Waals surface area contributed by atoms with Crippen LogP contribution in [0.2, 0.25) is 0 Å². The summed E-state index contributed by atoms with van der Waals surface area (Å²) in [7, 11) is 0. The molecule has 3 unspecified atom stereocenters. The number of amides is 1. The molecular formula is C25H34N2O. The number of fused-ring (bicyclic) bond motifs is 1. The summed E-state index contributed by atoms with van der Waals surface area (Å²) in [4.78, 5) is 17.7. The van der Waals surface area contributed by atoms with E-state index in [1.165, 1.54) is 11.3 Å². The molecule has 3 nitrogen and oxygen atoms in total. The quantitative estimate of drug-likeness (QED) is 0.689. The second-order valence-corrected chi connectivity index (χ2v) is 8.79. The van der Waals surface area contributed by atoms with Gasteiger partial charge in [0, 0.05) is 37.8 Å². The molecule has 1 saturated heterocycles. The van der Waals surface area contributed by atoms with Crippen LogP contribution in [0.3, 0.4) is 0 Å². The van der Waals surface area contributed by atoms with Crippen molar-refractivity contribution in [3.8, 4) is 0 Å². The number of carbonyl (C=O) groups is 1. The normalized spacial score (nSPS) is 27.2. The molecule has 28 heavy (non-hydrogen) atoms. The lowest BCUT2D eigenvalue weighted by atomic mass is 9.99. The van der Waals surface area contributed by atoms with Crippen molar-refractivity contribution < 1.29 is 4.79 Å². The van der Waals surface area contributed by atoms with Gasteiger partial charge in [0.25, 0.3) is 0 Å². The maximum atomic E-state index is 13.0. The van der Waals surface area contributed by atoms with Crippen LogP contribution in [0, 0.1) is 17.8 Å². The van der Waals surface area contributed by atoms with Crippen LogP contribution in [-0.2, 0) is 11.2 Å². The highest BCUT2D eigenvalue weighted by Gasteiger charge is 2.45. The summed E-state index contributed by atoms with van der Waals surface area (Å²) in [5.74, 6) is 2.43. The molecule has 0 aromatic heterocycles. The summed E-state index contributed by atoms with van der Waals surface area (Å²) in [5.41, 5.74) is 2.58. The van der Waals surface area contributed by atoms with Crippen molar-refractivity contribution in [2.45, 2.75) is 52.0 Å². The van der Waals surface area contributed by atoms with Gasteiger partial charge in [0.1, 0.15) is 0 Å². The molecule has 3 aliphatic rings. The number of benzene rings is 1. The molecule has 150 valence electrons. The highest BCUT2D eigenvalue weighted by atomic mass is 16.2. The number of piperidine rings is 1. The largest absolute Gasteiger partial charge is 0.310 e. The van der Waals surface area contributed by atoms with Gasteiger partial charge in [-0.05, 0) is 55.1 Å². The molecule has 0 radical (unpaired) electrons. The second kappa shape index (κ2) is 8.65. The van der Waals surface area contributed by atoms with Gasteiger partial charge < -0.3 is 9.80 Å². The van der Waals surface area contributed by atoms with Crippen LogP contribution < -0.4 is 0 Å². The zero-order valence-corrected chi connectivity index (χ0v) is 17.4. The van der Waals surface area contributed by atoms with E-state index in [1.807, 2.05) is 0 Å². The summed E-state index contributed by atoms with van der Waals surface area (Å²) in [6, 6.07) is 11.1. The Morgan fingerprint density at radius 1 is 1.14 bits per heavy atom. The molecule has 1 saturated carbocycles. The van der Waals surface area contributed by atoms with Crippen LogP contribution in [0.25, 0.3) is 0 Å². The first kappa shape index (κ1) is 19.4. The highest BCUT2D eigenvalue weighted by molar-refractivity contribution is 5.79. The van der Waals surface area contributed by atoms with Crippen molar-refractivity contribution in [2.24, 2.45) is 17.8 Å². The van der Waals surface area contributed by atoms with E-state index in [0.29, 0.717) is 30.2 Å². The Morgan fingerprint density at radius 2 is 1.89 bits per heavy atom. The predicted molar refractivity (Wildman–Crippen MR) is 115 cm³/mol. The molecule has 1 aromatic rings. The molecule has 1 amide bonds. The Balaban J connectivity index is 1.36. The van der Waals surface area contributed by atoms with E-state index < -0.39 is 0 Å². The third-order valence-electron chi connectivity index (χ3n) is 6.86. The molecule has 1 heterocycles. The molecule has 0 spiro atoms. The molecule has 4 rings (SSSR count). The number of rotatable bonds is 7. The smallest absolute Gasteiger partial charge is 0.227 e. The maximum absolute atomic E-state index is 13.0. The first-order chi connectivity index (χ1) is 13.7. The monoisotopic (exact) mass is 378 g/mol. The standard InChI is InChI=1S/C25H34N2O/c1-3-7-25(28)27(22-10-11-23-19(2)24(23)18-22)21-13-16-26(17-14-21)15-12-20-8-5-4-6-9-20/h4-6,8-11,18-19,21,23-24H,3,7,12-17H2,1-2H3. The second-order valence-electron chi connectivity index (χ2n) is 8.79. The van der Waals surface area contributed by atoms with Crippen LogP contribution in [0.4, 0.5) is 0 Å². The number of carbonyl (C=O) groups excluding carboxylic acids is 1. The minimum absolute atomic E-state index is 0.313. The summed E-state index contributed by atoms with van der Waals surface area (Å²) in [6.07, 6.45) is 11.8. The van der Waals surface area contributed by atoms with Crippen LogP contribution in [0.1, 0.15) is 45.1 Å². The molecule has 1 aromatic carbocycles. The lowest BCUT2D eigenvalue weighted by molar-refractivity contribution is -0.131. The Kier molecular flexibility index (Phi) is 6.01. The van der Waals surface area contributed by atoms with Crippen molar-refractivity contribution in [3.05, 3.63) is 59.8 Å². The van der Waals surface area contributed by atoms with E-state index in [1.54, 1.807) is 0 Å². The van der Waals surface area contributed by atoms with Gasteiger partial charge in [0.05, 0.1) is 0 Å². The molecular weight excluding hydrogens is 344 g/mol. The van der Waals surface area contributed by atoms with Crippen LogP contribution in [0.5, 0.6) is 0 Å². The van der Waals surface area contributed by atoms with Gasteiger partial charge in [-0.1, -0.05) is 56.3 Å². The topological polar surface area (TPSA) is 23.6 Å². The lowest BCUT2D eigenvalue weighted by Crippen LogP contribution is -2.47. The average Bonchev–Trinajstić information content (AvgIpc) is 3.38. The predicted octanol–water partition coefficient (Wildman–Crippen LogP) is 4.66. The third-order valence-corrected chi connectivity index (χ3v) is 6.86. The Bertz CT molecular complexity index is 730. The number of nitrogens with zero attached hydrogens (tertiary/aromatic N) is 2. The summed E-state index contributed by atoms with van der Waals surface area (Å²) < 4.78 is 0. The Hall–Kier alpha value is -1.87. The first-order valence-electron chi connectivity index (χ1n) is 11.2. The van der Waals surface area contributed by atoms with Crippen molar-refractivity contribution >= 4 is 5.91 Å². The van der Waals surface area contributed by atoms with Crippen LogP contribution in [-0.4, -0.2) is 41.4 Å². The van der Waals surface area contributed by atoms with Crippen molar-refractivity contribution in [2.75, 3.05) is 19.6 Å².